The largest absolute Gasteiger partial charge is 0.496 e. The summed E-state index contributed by atoms with van der Waals surface area (Å²) in [4.78, 5) is 0. The van der Waals surface area contributed by atoms with Gasteiger partial charge in [0.25, 0.3) is 0 Å². The van der Waals surface area contributed by atoms with Gasteiger partial charge >= 0.3 is 0 Å². The smallest absolute Gasteiger partial charge is 0.122 e. The Bertz CT molecular complexity index is 1150. The normalized spacial score (nSPS) is 11.2. The molecule has 0 atom stereocenters. The molecule has 3 aromatic carbocycles. The Morgan fingerprint density at radius 2 is 1.60 bits per heavy atom. The molecule has 0 aliphatic rings. The summed E-state index contributed by atoms with van der Waals surface area (Å²) in [5.74, 6) is 0.951. The average molecular weight is 419 g/mol. The number of nitrogens with one attached hydrogen (secondary N) is 1. The van der Waals surface area contributed by atoms with Gasteiger partial charge in [-0.15, -0.1) is 0 Å². The predicted octanol–water partition coefficient (Wildman–Crippen LogP) is 5.99. The Balaban J connectivity index is 1.53. The highest BCUT2D eigenvalue weighted by molar-refractivity contribution is 6.31. The van der Waals surface area contributed by atoms with Gasteiger partial charge in [-0.05, 0) is 54.8 Å². The highest BCUT2D eigenvalue weighted by Crippen LogP contribution is 2.28. The minimum absolute atomic E-state index is 0.771. The van der Waals surface area contributed by atoms with Crippen molar-refractivity contribution in [2.45, 2.75) is 26.4 Å². The zero-order chi connectivity index (χ0) is 20.9. The molecule has 0 amide bonds. The first-order valence-electron chi connectivity index (χ1n) is 10.3. The molecule has 0 bridgehead atoms. The maximum atomic E-state index is 6.43. The van der Waals surface area contributed by atoms with Crippen molar-refractivity contribution in [1.82, 2.24) is 9.88 Å². The van der Waals surface area contributed by atoms with Crippen LogP contribution in [-0.4, -0.2) is 18.2 Å². The summed E-state index contributed by atoms with van der Waals surface area (Å²) in [5, 5.41) is 5.74. The lowest BCUT2D eigenvalue weighted by Gasteiger charge is -2.11. The molecule has 1 aromatic heterocycles. The Hall–Kier alpha value is -2.75. The van der Waals surface area contributed by atoms with E-state index in [0.717, 1.165) is 42.4 Å². The number of nitrogens with zero attached hydrogens (tertiary/aromatic N) is 1. The van der Waals surface area contributed by atoms with Crippen LogP contribution < -0.4 is 10.1 Å². The van der Waals surface area contributed by atoms with Crippen LogP contribution in [0.3, 0.4) is 0 Å². The number of fused-ring (bicyclic) bond motifs is 1. The number of halogens is 1. The molecule has 154 valence electrons. The van der Waals surface area contributed by atoms with Crippen molar-refractivity contribution in [3.8, 4) is 5.75 Å². The zero-order valence-corrected chi connectivity index (χ0v) is 18.2. The molecule has 0 fully saturated rings. The Morgan fingerprint density at radius 3 is 2.40 bits per heavy atom. The lowest BCUT2D eigenvalue weighted by atomic mass is 10.1. The lowest BCUT2D eigenvalue weighted by molar-refractivity contribution is 0.409. The molecule has 0 aliphatic carbocycles. The van der Waals surface area contributed by atoms with Crippen LogP contribution in [0.4, 0.5) is 0 Å². The molecule has 4 heteroatoms. The van der Waals surface area contributed by atoms with Crippen molar-refractivity contribution < 1.29 is 4.74 Å². The number of methoxy groups -OCH3 is 1. The van der Waals surface area contributed by atoms with Crippen molar-refractivity contribution in [1.29, 1.82) is 0 Å². The van der Waals surface area contributed by atoms with Gasteiger partial charge in [0, 0.05) is 34.7 Å². The van der Waals surface area contributed by atoms with Gasteiger partial charge in [0.15, 0.2) is 0 Å². The maximum Gasteiger partial charge on any atom is 0.122 e. The standard InChI is InChI=1S/C26H27ClN2O/c1-19-23(17-28-16-15-20-9-4-8-14-26(20)30-2)22-11-5-7-13-25(22)29(19)18-21-10-3-6-12-24(21)27/h3-14,28H,15-18H2,1-2H3. The van der Waals surface area contributed by atoms with Crippen molar-refractivity contribution in [2.75, 3.05) is 13.7 Å². The molecule has 0 spiro atoms. The fourth-order valence-electron chi connectivity index (χ4n) is 4.07. The molecular formula is C26H27ClN2O. The van der Waals surface area contributed by atoms with Crippen molar-refractivity contribution in [3.63, 3.8) is 0 Å². The summed E-state index contributed by atoms with van der Waals surface area (Å²) in [6.07, 6.45) is 0.932. The molecule has 30 heavy (non-hydrogen) atoms. The van der Waals surface area contributed by atoms with E-state index in [1.165, 1.54) is 27.7 Å². The number of aromatic nitrogens is 1. The summed E-state index contributed by atoms with van der Waals surface area (Å²) in [5.41, 5.74) is 6.24. The molecule has 4 rings (SSSR count). The summed E-state index contributed by atoms with van der Waals surface area (Å²) < 4.78 is 7.83. The molecule has 0 radical (unpaired) electrons. The quantitative estimate of drug-likeness (QED) is 0.355. The third kappa shape index (κ3) is 4.23. The lowest BCUT2D eigenvalue weighted by Crippen LogP contribution is -2.17. The second-order valence-corrected chi connectivity index (χ2v) is 7.90. The highest BCUT2D eigenvalue weighted by Gasteiger charge is 2.14. The minimum Gasteiger partial charge on any atom is -0.496 e. The van der Waals surface area contributed by atoms with Crippen LogP contribution in [0.25, 0.3) is 10.9 Å². The number of rotatable bonds is 8. The summed E-state index contributed by atoms with van der Waals surface area (Å²) in [6, 6.07) is 24.9. The fraction of sp³-hybridized carbons (Fsp3) is 0.231. The molecule has 3 nitrogen and oxygen atoms in total. The molecule has 0 saturated carbocycles. The first-order valence-corrected chi connectivity index (χ1v) is 10.7. The number of para-hydroxylation sites is 2. The number of benzene rings is 3. The predicted molar refractivity (Wildman–Crippen MR) is 126 cm³/mol. The molecular weight excluding hydrogens is 392 g/mol. The van der Waals surface area contributed by atoms with Crippen LogP contribution in [0, 0.1) is 6.92 Å². The molecule has 4 aromatic rings. The van der Waals surface area contributed by atoms with E-state index < -0.39 is 0 Å². The first-order chi connectivity index (χ1) is 14.7. The SMILES string of the molecule is COc1ccccc1CCNCc1c(C)n(Cc2ccccc2Cl)c2ccccc12. The number of hydrogen-bond donors (Lipinski definition) is 1. The van der Waals surface area contributed by atoms with Crippen LogP contribution in [0.1, 0.15) is 22.4 Å². The van der Waals surface area contributed by atoms with E-state index in [2.05, 4.69) is 59.3 Å². The second kappa shape index (κ2) is 9.38. The zero-order valence-electron chi connectivity index (χ0n) is 17.5. The monoisotopic (exact) mass is 418 g/mol. The van der Waals surface area contributed by atoms with Crippen LogP contribution in [-0.2, 0) is 19.5 Å². The van der Waals surface area contributed by atoms with Crippen LogP contribution in [0.15, 0.2) is 72.8 Å². The third-order valence-electron chi connectivity index (χ3n) is 5.71. The summed E-state index contributed by atoms with van der Waals surface area (Å²) >= 11 is 6.43. The Labute approximate surface area is 183 Å². The Morgan fingerprint density at radius 1 is 0.900 bits per heavy atom. The minimum atomic E-state index is 0.771. The fourth-order valence-corrected chi connectivity index (χ4v) is 4.27. The van der Waals surface area contributed by atoms with Gasteiger partial charge < -0.3 is 14.6 Å². The van der Waals surface area contributed by atoms with Crippen LogP contribution in [0.2, 0.25) is 5.02 Å². The van der Waals surface area contributed by atoms with Gasteiger partial charge in [0.1, 0.15) is 5.75 Å². The van der Waals surface area contributed by atoms with E-state index >= 15 is 0 Å². The van der Waals surface area contributed by atoms with Gasteiger partial charge in [-0.3, -0.25) is 0 Å². The van der Waals surface area contributed by atoms with E-state index in [0.29, 0.717) is 0 Å². The van der Waals surface area contributed by atoms with Crippen LogP contribution in [0.5, 0.6) is 5.75 Å². The second-order valence-electron chi connectivity index (χ2n) is 7.50. The molecule has 1 heterocycles. The molecule has 0 saturated heterocycles. The van der Waals surface area contributed by atoms with Crippen molar-refractivity contribution >= 4 is 22.5 Å². The number of hydrogen-bond acceptors (Lipinski definition) is 2. The van der Waals surface area contributed by atoms with Crippen LogP contribution >= 0.6 is 11.6 Å². The van der Waals surface area contributed by atoms with Gasteiger partial charge in [-0.2, -0.15) is 0 Å². The van der Waals surface area contributed by atoms with Gasteiger partial charge in [-0.1, -0.05) is 66.2 Å². The van der Waals surface area contributed by atoms with E-state index in [9.17, 15) is 0 Å². The van der Waals surface area contributed by atoms with Gasteiger partial charge in [0.05, 0.1) is 7.11 Å². The van der Waals surface area contributed by atoms with Crippen molar-refractivity contribution in [3.05, 3.63) is 100 Å². The third-order valence-corrected chi connectivity index (χ3v) is 6.08. The molecule has 1 N–H and O–H groups in total. The summed E-state index contributed by atoms with van der Waals surface area (Å²) in [6.45, 7) is 4.70. The van der Waals surface area contributed by atoms with E-state index in [1.807, 2.05) is 30.3 Å². The van der Waals surface area contributed by atoms with E-state index in [4.69, 9.17) is 16.3 Å². The topological polar surface area (TPSA) is 26.2 Å². The summed E-state index contributed by atoms with van der Waals surface area (Å²) in [7, 11) is 1.73. The Kier molecular flexibility index (Phi) is 6.41. The molecule has 0 aliphatic heterocycles. The van der Waals surface area contributed by atoms with Gasteiger partial charge in [0.2, 0.25) is 0 Å². The molecule has 0 unspecified atom stereocenters. The van der Waals surface area contributed by atoms with Crippen molar-refractivity contribution in [2.24, 2.45) is 0 Å². The van der Waals surface area contributed by atoms with E-state index in [1.54, 1.807) is 7.11 Å². The average Bonchev–Trinajstić information content (AvgIpc) is 3.04. The maximum absolute atomic E-state index is 6.43. The van der Waals surface area contributed by atoms with Gasteiger partial charge in [-0.25, -0.2) is 0 Å². The highest BCUT2D eigenvalue weighted by atomic mass is 35.5. The first kappa shape index (κ1) is 20.5. The van der Waals surface area contributed by atoms with E-state index in [-0.39, 0.29) is 0 Å². The number of ether oxygens (including phenoxy) is 1.